The Balaban J connectivity index is 2.10. The predicted octanol–water partition coefficient (Wildman–Crippen LogP) is 1.89. The molecule has 0 spiro atoms. The zero-order valence-corrected chi connectivity index (χ0v) is 7.21. The van der Waals surface area contributed by atoms with Crippen LogP contribution < -0.4 is 4.74 Å². The van der Waals surface area contributed by atoms with E-state index in [0.717, 1.165) is 0 Å². The normalized spacial score (nSPS) is 9.71. The molecule has 0 unspecified atom stereocenters. The van der Waals surface area contributed by atoms with Crippen molar-refractivity contribution in [1.82, 2.24) is 4.98 Å². The smallest absolute Gasteiger partial charge is 0.365 e. The van der Waals surface area contributed by atoms with Crippen molar-refractivity contribution in [2.24, 2.45) is 0 Å². The zero-order chi connectivity index (χ0) is 9.80. The summed E-state index contributed by atoms with van der Waals surface area (Å²) in [4.78, 5) is 15.0. The van der Waals surface area contributed by atoms with Crippen LogP contribution in [0, 0.1) is 0 Å². The van der Waals surface area contributed by atoms with Gasteiger partial charge in [0.05, 0.1) is 0 Å². The van der Waals surface area contributed by atoms with Gasteiger partial charge in [-0.3, -0.25) is 0 Å². The fourth-order valence-electron chi connectivity index (χ4n) is 0.961. The van der Waals surface area contributed by atoms with Crippen molar-refractivity contribution in [2.45, 2.75) is 0 Å². The molecular formula is C10H7NO3. The van der Waals surface area contributed by atoms with Gasteiger partial charge in [-0.25, -0.2) is 9.78 Å². The highest BCUT2D eigenvalue weighted by molar-refractivity contribution is 5.88. The van der Waals surface area contributed by atoms with Gasteiger partial charge in [-0.1, -0.05) is 18.2 Å². The number of hydrogen-bond acceptors (Lipinski definition) is 4. The number of nitrogens with zero attached hydrogens (tertiary/aromatic N) is 1. The van der Waals surface area contributed by atoms with Gasteiger partial charge in [0.15, 0.2) is 12.1 Å². The predicted molar refractivity (Wildman–Crippen MR) is 47.9 cm³/mol. The lowest BCUT2D eigenvalue weighted by Gasteiger charge is -1.99. The number of esters is 1. The first-order valence-corrected chi connectivity index (χ1v) is 4.01. The van der Waals surface area contributed by atoms with E-state index in [-0.39, 0.29) is 5.69 Å². The number of carbonyl (C=O) groups excluding carboxylic acids is 1. The Labute approximate surface area is 80.1 Å². The van der Waals surface area contributed by atoms with Crippen molar-refractivity contribution in [3.05, 3.63) is 48.7 Å². The quantitative estimate of drug-likeness (QED) is 0.534. The summed E-state index contributed by atoms with van der Waals surface area (Å²) in [5.74, 6) is -0.0366. The number of para-hydroxylation sites is 1. The minimum Gasteiger partial charge on any atom is -0.451 e. The number of benzene rings is 1. The summed E-state index contributed by atoms with van der Waals surface area (Å²) in [5.41, 5.74) is 0.161. The molecule has 0 atom stereocenters. The van der Waals surface area contributed by atoms with Crippen LogP contribution in [0.5, 0.6) is 5.75 Å². The summed E-state index contributed by atoms with van der Waals surface area (Å²) in [5, 5.41) is 0. The van der Waals surface area contributed by atoms with Gasteiger partial charge < -0.3 is 9.15 Å². The Morgan fingerprint density at radius 3 is 2.71 bits per heavy atom. The summed E-state index contributed by atoms with van der Waals surface area (Å²) in [6.45, 7) is 0. The van der Waals surface area contributed by atoms with Crippen LogP contribution >= 0.6 is 0 Å². The average molecular weight is 189 g/mol. The molecule has 0 aliphatic rings. The topological polar surface area (TPSA) is 52.3 Å². The van der Waals surface area contributed by atoms with Gasteiger partial charge in [0, 0.05) is 0 Å². The molecule has 0 amide bonds. The highest BCUT2D eigenvalue weighted by Crippen LogP contribution is 2.10. The second-order valence-corrected chi connectivity index (χ2v) is 2.58. The molecule has 14 heavy (non-hydrogen) atoms. The third kappa shape index (κ3) is 1.80. The molecule has 4 heteroatoms. The van der Waals surface area contributed by atoms with Crippen LogP contribution in [0.25, 0.3) is 0 Å². The van der Waals surface area contributed by atoms with Crippen LogP contribution in [0.3, 0.4) is 0 Å². The molecule has 0 saturated carbocycles. The van der Waals surface area contributed by atoms with Crippen LogP contribution in [-0.4, -0.2) is 11.0 Å². The monoisotopic (exact) mass is 189 g/mol. The first-order chi connectivity index (χ1) is 6.86. The number of ether oxygens (including phenoxy) is 1. The third-order valence-electron chi connectivity index (χ3n) is 1.60. The Kier molecular flexibility index (Phi) is 2.27. The molecule has 4 nitrogen and oxygen atoms in total. The van der Waals surface area contributed by atoms with Gasteiger partial charge in [-0.2, -0.15) is 0 Å². The van der Waals surface area contributed by atoms with Crippen LogP contribution in [0.2, 0.25) is 0 Å². The molecule has 1 heterocycles. The molecule has 2 rings (SSSR count). The van der Waals surface area contributed by atoms with E-state index in [1.165, 1.54) is 12.7 Å². The van der Waals surface area contributed by atoms with E-state index < -0.39 is 5.97 Å². The summed E-state index contributed by atoms with van der Waals surface area (Å²) in [6.07, 6.45) is 2.42. The second kappa shape index (κ2) is 3.74. The van der Waals surface area contributed by atoms with Crippen LogP contribution in [-0.2, 0) is 0 Å². The van der Waals surface area contributed by atoms with Crippen LogP contribution in [0.1, 0.15) is 10.5 Å². The summed E-state index contributed by atoms with van der Waals surface area (Å²) >= 11 is 0. The fourth-order valence-corrected chi connectivity index (χ4v) is 0.961. The van der Waals surface area contributed by atoms with Gasteiger partial charge in [0.25, 0.3) is 0 Å². The first kappa shape index (κ1) is 8.50. The molecule has 1 aromatic heterocycles. The SMILES string of the molecule is O=C(Oc1ccccc1)c1cocn1. The van der Waals surface area contributed by atoms with Gasteiger partial charge >= 0.3 is 5.97 Å². The molecule has 70 valence electrons. The lowest BCUT2D eigenvalue weighted by atomic mass is 10.3. The average Bonchev–Trinajstić information content (AvgIpc) is 2.72. The maximum absolute atomic E-state index is 11.3. The van der Waals surface area contributed by atoms with Crippen molar-refractivity contribution >= 4 is 5.97 Å². The Bertz CT molecular complexity index is 408. The third-order valence-corrected chi connectivity index (χ3v) is 1.60. The molecule has 0 N–H and O–H groups in total. The lowest BCUT2D eigenvalue weighted by Crippen LogP contribution is -2.08. The van der Waals surface area contributed by atoms with E-state index in [1.807, 2.05) is 6.07 Å². The Morgan fingerprint density at radius 2 is 2.07 bits per heavy atom. The van der Waals surface area contributed by atoms with E-state index in [2.05, 4.69) is 9.40 Å². The van der Waals surface area contributed by atoms with Gasteiger partial charge in [0.2, 0.25) is 0 Å². The van der Waals surface area contributed by atoms with E-state index in [1.54, 1.807) is 24.3 Å². The van der Waals surface area contributed by atoms with Crippen LogP contribution in [0.15, 0.2) is 47.4 Å². The molecule has 2 aromatic rings. The standard InChI is InChI=1S/C10H7NO3/c12-10(9-6-13-7-11-9)14-8-4-2-1-3-5-8/h1-7H. The largest absolute Gasteiger partial charge is 0.451 e. The lowest BCUT2D eigenvalue weighted by molar-refractivity contribution is 0.0728. The van der Waals surface area contributed by atoms with E-state index in [4.69, 9.17) is 4.74 Å². The summed E-state index contributed by atoms with van der Waals surface area (Å²) in [6, 6.07) is 8.79. The fraction of sp³-hybridized carbons (Fsp3) is 0. The summed E-state index contributed by atoms with van der Waals surface area (Å²) in [7, 11) is 0. The molecule has 0 bridgehead atoms. The number of hydrogen-bond donors (Lipinski definition) is 0. The van der Waals surface area contributed by atoms with Crippen molar-refractivity contribution in [1.29, 1.82) is 0 Å². The Morgan fingerprint density at radius 1 is 1.29 bits per heavy atom. The molecule has 0 saturated heterocycles. The number of carbonyl (C=O) groups is 1. The van der Waals surface area contributed by atoms with Gasteiger partial charge in [0.1, 0.15) is 12.0 Å². The van der Waals surface area contributed by atoms with Crippen molar-refractivity contribution in [2.75, 3.05) is 0 Å². The highest BCUT2D eigenvalue weighted by atomic mass is 16.5. The second-order valence-electron chi connectivity index (χ2n) is 2.58. The molecule has 1 aromatic carbocycles. The zero-order valence-electron chi connectivity index (χ0n) is 7.21. The highest BCUT2D eigenvalue weighted by Gasteiger charge is 2.10. The van der Waals surface area contributed by atoms with Crippen molar-refractivity contribution < 1.29 is 13.9 Å². The molecule has 0 aliphatic carbocycles. The minimum atomic E-state index is -0.523. The van der Waals surface area contributed by atoms with Crippen molar-refractivity contribution in [3.63, 3.8) is 0 Å². The van der Waals surface area contributed by atoms with E-state index in [0.29, 0.717) is 5.75 Å². The molecule has 0 aliphatic heterocycles. The number of rotatable bonds is 2. The first-order valence-electron chi connectivity index (χ1n) is 4.01. The van der Waals surface area contributed by atoms with E-state index in [9.17, 15) is 4.79 Å². The number of aromatic nitrogens is 1. The van der Waals surface area contributed by atoms with E-state index >= 15 is 0 Å². The molecule has 0 radical (unpaired) electrons. The molecular weight excluding hydrogens is 182 g/mol. The number of oxazole rings is 1. The minimum absolute atomic E-state index is 0.161. The van der Waals surface area contributed by atoms with Crippen molar-refractivity contribution in [3.8, 4) is 5.75 Å². The maximum Gasteiger partial charge on any atom is 0.365 e. The maximum atomic E-state index is 11.3. The van der Waals surface area contributed by atoms with Gasteiger partial charge in [-0.05, 0) is 12.1 Å². The van der Waals surface area contributed by atoms with Gasteiger partial charge in [-0.15, -0.1) is 0 Å². The molecule has 0 fully saturated rings. The Hall–Kier alpha value is -2.10. The summed E-state index contributed by atoms with van der Waals surface area (Å²) < 4.78 is 9.66. The van der Waals surface area contributed by atoms with Crippen LogP contribution in [0.4, 0.5) is 0 Å².